The van der Waals surface area contributed by atoms with Gasteiger partial charge in [0.2, 0.25) is 0 Å². The maximum atomic E-state index is 5.79. The van der Waals surface area contributed by atoms with Crippen molar-refractivity contribution < 1.29 is 4.74 Å². The SMILES string of the molecule is CC1CCc2nc(CC3CCCCO3)cn2C1. The molecule has 3 nitrogen and oxygen atoms in total. The highest BCUT2D eigenvalue weighted by molar-refractivity contribution is 5.08. The van der Waals surface area contributed by atoms with Crippen molar-refractivity contribution in [3.8, 4) is 0 Å². The molecule has 0 aliphatic carbocycles. The van der Waals surface area contributed by atoms with Crippen LogP contribution in [0.2, 0.25) is 0 Å². The molecule has 3 heterocycles. The third kappa shape index (κ3) is 2.54. The quantitative estimate of drug-likeness (QED) is 0.786. The zero-order valence-corrected chi connectivity index (χ0v) is 10.7. The van der Waals surface area contributed by atoms with Crippen LogP contribution < -0.4 is 0 Å². The molecule has 2 unspecified atom stereocenters. The van der Waals surface area contributed by atoms with Crippen molar-refractivity contribution in [2.45, 2.75) is 58.1 Å². The number of nitrogens with zero attached hydrogens (tertiary/aromatic N) is 2. The first-order chi connectivity index (χ1) is 8.31. The first-order valence-corrected chi connectivity index (χ1v) is 6.98. The molecule has 2 atom stereocenters. The fraction of sp³-hybridized carbons (Fsp3) is 0.786. The number of hydrogen-bond donors (Lipinski definition) is 0. The van der Waals surface area contributed by atoms with Gasteiger partial charge in [0, 0.05) is 32.2 Å². The number of aryl methyl sites for hydroxylation is 1. The number of hydrogen-bond acceptors (Lipinski definition) is 2. The average Bonchev–Trinajstić information content (AvgIpc) is 2.71. The van der Waals surface area contributed by atoms with Gasteiger partial charge in [0.1, 0.15) is 5.82 Å². The lowest BCUT2D eigenvalue weighted by atomic mass is 10.0. The lowest BCUT2D eigenvalue weighted by Crippen LogP contribution is -2.21. The van der Waals surface area contributed by atoms with Crippen LogP contribution in [0, 0.1) is 5.92 Å². The Balaban J connectivity index is 1.67. The van der Waals surface area contributed by atoms with Crippen LogP contribution in [0.1, 0.15) is 44.1 Å². The average molecular weight is 234 g/mol. The van der Waals surface area contributed by atoms with Crippen LogP contribution in [0.3, 0.4) is 0 Å². The smallest absolute Gasteiger partial charge is 0.108 e. The summed E-state index contributed by atoms with van der Waals surface area (Å²) in [6.07, 6.45) is 9.86. The summed E-state index contributed by atoms with van der Waals surface area (Å²) in [5.41, 5.74) is 1.24. The van der Waals surface area contributed by atoms with Crippen LogP contribution in [-0.4, -0.2) is 22.3 Å². The molecule has 3 heteroatoms. The Bertz CT molecular complexity index is 380. The van der Waals surface area contributed by atoms with Gasteiger partial charge < -0.3 is 9.30 Å². The van der Waals surface area contributed by atoms with Crippen molar-refractivity contribution in [3.05, 3.63) is 17.7 Å². The lowest BCUT2D eigenvalue weighted by molar-refractivity contribution is 0.0163. The summed E-state index contributed by atoms with van der Waals surface area (Å²) >= 11 is 0. The van der Waals surface area contributed by atoms with Gasteiger partial charge >= 0.3 is 0 Å². The third-order valence-electron chi connectivity index (χ3n) is 3.99. The molecule has 1 fully saturated rings. The second-order valence-electron chi connectivity index (χ2n) is 5.64. The lowest BCUT2D eigenvalue weighted by Gasteiger charge is -2.21. The molecule has 2 aliphatic heterocycles. The van der Waals surface area contributed by atoms with E-state index in [2.05, 4.69) is 17.7 Å². The molecular weight excluding hydrogens is 212 g/mol. The van der Waals surface area contributed by atoms with Crippen molar-refractivity contribution in [1.29, 1.82) is 0 Å². The second-order valence-corrected chi connectivity index (χ2v) is 5.64. The molecule has 0 aromatic carbocycles. The first-order valence-electron chi connectivity index (χ1n) is 6.98. The van der Waals surface area contributed by atoms with Gasteiger partial charge in [0.25, 0.3) is 0 Å². The minimum absolute atomic E-state index is 0.415. The van der Waals surface area contributed by atoms with Gasteiger partial charge in [-0.3, -0.25) is 0 Å². The third-order valence-corrected chi connectivity index (χ3v) is 3.99. The largest absolute Gasteiger partial charge is 0.378 e. The molecule has 0 spiro atoms. The molecule has 0 bridgehead atoms. The molecular formula is C14H22N2O. The first kappa shape index (κ1) is 11.3. The number of fused-ring (bicyclic) bond motifs is 1. The van der Waals surface area contributed by atoms with E-state index < -0.39 is 0 Å². The molecule has 1 saturated heterocycles. The molecule has 94 valence electrons. The van der Waals surface area contributed by atoms with E-state index in [1.54, 1.807) is 0 Å². The summed E-state index contributed by atoms with van der Waals surface area (Å²) in [7, 11) is 0. The fourth-order valence-electron chi connectivity index (χ4n) is 2.97. The molecule has 2 aliphatic rings. The predicted molar refractivity (Wildman–Crippen MR) is 67.0 cm³/mol. The topological polar surface area (TPSA) is 27.1 Å². The number of aromatic nitrogens is 2. The van der Waals surface area contributed by atoms with Crippen molar-refractivity contribution in [2.75, 3.05) is 6.61 Å². The zero-order valence-electron chi connectivity index (χ0n) is 10.7. The molecule has 1 aromatic heterocycles. The Morgan fingerprint density at radius 3 is 3.18 bits per heavy atom. The number of ether oxygens (including phenoxy) is 1. The second kappa shape index (κ2) is 4.81. The molecule has 0 amide bonds. The van der Waals surface area contributed by atoms with Gasteiger partial charge in [0.15, 0.2) is 0 Å². The monoisotopic (exact) mass is 234 g/mol. The Labute approximate surface area is 103 Å². The van der Waals surface area contributed by atoms with Crippen LogP contribution in [0.25, 0.3) is 0 Å². The van der Waals surface area contributed by atoms with E-state index in [0.717, 1.165) is 31.9 Å². The summed E-state index contributed by atoms with van der Waals surface area (Å²) in [5, 5.41) is 0. The van der Waals surface area contributed by atoms with Gasteiger partial charge in [0.05, 0.1) is 11.8 Å². The van der Waals surface area contributed by atoms with E-state index >= 15 is 0 Å². The van der Waals surface area contributed by atoms with Crippen molar-refractivity contribution in [3.63, 3.8) is 0 Å². The molecule has 1 aromatic rings. The van der Waals surface area contributed by atoms with Crippen molar-refractivity contribution >= 4 is 0 Å². The summed E-state index contributed by atoms with van der Waals surface area (Å²) in [5.74, 6) is 2.09. The van der Waals surface area contributed by atoms with Gasteiger partial charge in [-0.1, -0.05) is 6.92 Å². The highest BCUT2D eigenvalue weighted by Crippen LogP contribution is 2.22. The van der Waals surface area contributed by atoms with Crippen molar-refractivity contribution in [1.82, 2.24) is 9.55 Å². The van der Waals surface area contributed by atoms with E-state index in [9.17, 15) is 0 Å². The normalized spacial score (nSPS) is 29.0. The van der Waals surface area contributed by atoms with Gasteiger partial charge in [-0.25, -0.2) is 4.98 Å². The van der Waals surface area contributed by atoms with Gasteiger partial charge in [-0.05, 0) is 31.6 Å². The highest BCUT2D eigenvalue weighted by Gasteiger charge is 2.20. The van der Waals surface area contributed by atoms with Crippen LogP contribution in [0.15, 0.2) is 6.20 Å². The highest BCUT2D eigenvalue weighted by atomic mass is 16.5. The fourth-order valence-corrected chi connectivity index (χ4v) is 2.97. The van der Waals surface area contributed by atoms with Crippen molar-refractivity contribution in [2.24, 2.45) is 5.92 Å². The number of rotatable bonds is 2. The Hall–Kier alpha value is -0.830. The van der Waals surface area contributed by atoms with Crippen LogP contribution >= 0.6 is 0 Å². The molecule has 0 radical (unpaired) electrons. The molecule has 3 rings (SSSR count). The number of imidazole rings is 1. The summed E-state index contributed by atoms with van der Waals surface area (Å²) in [4.78, 5) is 4.76. The van der Waals surface area contributed by atoms with Crippen LogP contribution in [0.5, 0.6) is 0 Å². The van der Waals surface area contributed by atoms with E-state index in [1.807, 2.05) is 0 Å². The van der Waals surface area contributed by atoms with Gasteiger partial charge in [-0.2, -0.15) is 0 Å². The van der Waals surface area contributed by atoms with E-state index in [4.69, 9.17) is 9.72 Å². The summed E-state index contributed by atoms with van der Waals surface area (Å²) < 4.78 is 8.14. The van der Waals surface area contributed by atoms with E-state index in [1.165, 1.54) is 37.2 Å². The Morgan fingerprint density at radius 2 is 2.35 bits per heavy atom. The standard InChI is InChI=1S/C14H22N2O/c1-11-5-6-14-15-12(10-16(14)9-11)8-13-4-2-3-7-17-13/h10-11,13H,2-9H2,1H3. The molecule has 17 heavy (non-hydrogen) atoms. The van der Waals surface area contributed by atoms with E-state index in [0.29, 0.717) is 6.10 Å². The molecule has 0 N–H and O–H groups in total. The maximum absolute atomic E-state index is 5.79. The van der Waals surface area contributed by atoms with E-state index in [-0.39, 0.29) is 0 Å². The zero-order chi connectivity index (χ0) is 11.7. The maximum Gasteiger partial charge on any atom is 0.108 e. The Morgan fingerprint density at radius 1 is 1.41 bits per heavy atom. The Kier molecular flexibility index (Phi) is 3.19. The van der Waals surface area contributed by atoms with Crippen LogP contribution in [-0.2, 0) is 24.1 Å². The van der Waals surface area contributed by atoms with Gasteiger partial charge in [-0.15, -0.1) is 0 Å². The molecule has 0 saturated carbocycles. The predicted octanol–water partition coefficient (Wildman–Crippen LogP) is 2.58. The minimum Gasteiger partial charge on any atom is -0.378 e. The van der Waals surface area contributed by atoms with Crippen LogP contribution in [0.4, 0.5) is 0 Å². The minimum atomic E-state index is 0.415. The summed E-state index contributed by atoms with van der Waals surface area (Å²) in [6.45, 7) is 4.41. The summed E-state index contributed by atoms with van der Waals surface area (Å²) in [6, 6.07) is 0.